The van der Waals surface area contributed by atoms with Gasteiger partial charge in [-0.1, -0.05) is 42.5 Å². The number of carbonyl (C=O) groups is 3. The zero-order valence-corrected chi connectivity index (χ0v) is 58.6. The summed E-state index contributed by atoms with van der Waals surface area (Å²) in [6.45, 7) is -3.54. The molecule has 9 aromatic carbocycles. The molecule has 6 unspecified atom stereocenters. The number of aromatic carboxylic acids is 3. The number of para-hydroxylation sites is 1. The summed E-state index contributed by atoms with van der Waals surface area (Å²) in [6.07, 6.45) is -3.31. The molecule has 29 nitrogen and oxygen atoms in total. The van der Waals surface area contributed by atoms with Crippen LogP contribution in [0.25, 0.3) is 0 Å². The second kappa shape index (κ2) is 38.9. The average molecular weight is 1500 g/mol. The van der Waals surface area contributed by atoms with Gasteiger partial charge >= 0.3 is 17.9 Å². The van der Waals surface area contributed by atoms with Crippen LogP contribution < -0.4 is 18.9 Å². The molecule has 576 valence electrons. The second-order valence-electron chi connectivity index (χ2n) is 24.8. The molecule has 0 aromatic heterocycles. The highest BCUT2D eigenvalue weighted by Gasteiger charge is 2.36. The van der Waals surface area contributed by atoms with Gasteiger partial charge < -0.3 is 131 Å². The minimum atomic E-state index is -1.26. The molecule has 0 saturated heterocycles. The molecule has 0 aliphatic carbocycles. The Morgan fingerprint density at radius 3 is 0.944 bits per heavy atom. The van der Waals surface area contributed by atoms with E-state index < -0.39 is 140 Å². The number of phenolic OH excluding ortho intramolecular Hbond substituents is 2. The van der Waals surface area contributed by atoms with Crippen molar-refractivity contribution in [3.8, 4) is 57.5 Å². The molecule has 29 heteroatoms. The van der Waals surface area contributed by atoms with Crippen molar-refractivity contribution in [2.45, 2.75) is 116 Å². The van der Waals surface area contributed by atoms with Crippen molar-refractivity contribution in [1.29, 1.82) is 0 Å². The van der Waals surface area contributed by atoms with E-state index in [9.17, 15) is 127 Å². The van der Waals surface area contributed by atoms with Crippen molar-refractivity contribution in [3.05, 3.63) is 256 Å². The van der Waals surface area contributed by atoms with E-state index in [0.717, 1.165) is 11.1 Å². The van der Waals surface area contributed by atoms with Crippen LogP contribution in [0.3, 0.4) is 0 Å². The van der Waals surface area contributed by atoms with Gasteiger partial charge in [-0.3, -0.25) is 0 Å². The van der Waals surface area contributed by atoms with Crippen LogP contribution in [-0.4, -0.2) is 175 Å². The molecule has 108 heavy (non-hydrogen) atoms. The van der Waals surface area contributed by atoms with Crippen molar-refractivity contribution in [2.75, 3.05) is 26.9 Å². The topological polar surface area (TPSA) is 533 Å². The quantitative estimate of drug-likeness (QED) is 0.0242. The summed E-state index contributed by atoms with van der Waals surface area (Å²) in [7, 11) is 1.28. The summed E-state index contributed by atoms with van der Waals surface area (Å²) in [5.74, 6) is -7.42. The van der Waals surface area contributed by atoms with Gasteiger partial charge in [-0.2, -0.15) is 0 Å². The molecule has 0 spiro atoms. The summed E-state index contributed by atoms with van der Waals surface area (Å²) < 4.78 is 23.5. The molecule has 9 aromatic rings. The van der Waals surface area contributed by atoms with Gasteiger partial charge in [0.25, 0.3) is 0 Å². The van der Waals surface area contributed by atoms with E-state index in [0.29, 0.717) is 27.8 Å². The molecule has 0 heterocycles. The smallest absolute Gasteiger partial charge is 0.335 e. The Hall–Kier alpha value is -11.1. The summed E-state index contributed by atoms with van der Waals surface area (Å²) in [5, 5.41) is 220. The van der Waals surface area contributed by atoms with Crippen LogP contribution in [0, 0.1) is 13.8 Å². The van der Waals surface area contributed by atoms with Gasteiger partial charge in [0, 0.05) is 72.3 Å². The molecule has 0 aliphatic rings. The number of carboxylic acids is 3. The van der Waals surface area contributed by atoms with Gasteiger partial charge in [0.2, 0.25) is 0 Å². The fourth-order valence-corrected chi connectivity index (χ4v) is 12.4. The molecule has 22 N–H and O–H groups in total. The number of ether oxygens (including phenoxy) is 4. The Morgan fingerprint density at radius 2 is 0.639 bits per heavy atom. The predicted molar refractivity (Wildman–Crippen MR) is 384 cm³/mol. The summed E-state index contributed by atoms with van der Waals surface area (Å²) in [5.41, 5.74) is 4.80. The predicted octanol–water partition coefficient (Wildman–Crippen LogP) is 5.65. The zero-order valence-electron chi connectivity index (χ0n) is 58.6. The third-order valence-corrected chi connectivity index (χ3v) is 17.9. The Labute approximate surface area is 617 Å². The van der Waals surface area contributed by atoms with Crippen LogP contribution in [0.5, 0.6) is 57.5 Å². The molecule has 0 bridgehead atoms. The molecule has 0 aliphatic heterocycles. The van der Waals surface area contributed by atoms with Crippen LogP contribution in [0.2, 0.25) is 0 Å². The number of aliphatic hydroxyl groups excluding tert-OH is 13. The number of hydrogen-bond donors (Lipinski definition) is 22. The largest absolute Gasteiger partial charge is 0.508 e. The first-order valence-electron chi connectivity index (χ1n) is 33.2. The van der Waals surface area contributed by atoms with Gasteiger partial charge in [-0.25, -0.2) is 14.4 Å². The average Bonchev–Trinajstić information content (AvgIpc) is 0.789. The molecule has 9 rings (SSSR count). The van der Waals surface area contributed by atoms with Crippen LogP contribution in [0.1, 0.15) is 149 Å². The fraction of sp³-hybridized carbons (Fsp3) is 0.278. The number of phenols is 6. The number of hydrogen-bond acceptors (Lipinski definition) is 26. The first kappa shape index (κ1) is 84.1. The van der Waals surface area contributed by atoms with E-state index in [2.05, 4.69) is 0 Å². The highest BCUT2D eigenvalue weighted by atomic mass is 16.5. The Balaban J connectivity index is 0.000000226. The summed E-state index contributed by atoms with van der Waals surface area (Å²) >= 11 is 0. The number of aliphatic hydroxyl groups is 13. The van der Waals surface area contributed by atoms with Gasteiger partial charge in [0.1, 0.15) is 64.3 Å². The number of rotatable bonds is 32. The monoisotopic (exact) mass is 1500 g/mol. The lowest BCUT2D eigenvalue weighted by atomic mass is 9.83. The molecule has 6 atom stereocenters. The molecular weight excluding hydrogens is 1410 g/mol. The fourth-order valence-electron chi connectivity index (χ4n) is 12.4. The van der Waals surface area contributed by atoms with Gasteiger partial charge in [0.05, 0.1) is 127 Å². The summed E-state index contributed by atoms with van der Waals surface area (Å²) in [4.78, 5) is 34.1. The molecule has 0 saturated carbocycles. The lowest BCUT2D eigenvalue weighted by Gasteiger charge is -2.30. The molecule has 0 fully saturated rings. The minimum Gasteiger partial charge on any atom is -0.508 e. The van der Waals surface area contributed by atoms with Crippen LogP contribution >= 0.6 is 0 Å². The second-order valence-corrected chi connectivity index (χ2v) is 24.8. The van der Waals surface area contributed by atoms with Crippen LogP contribution in [-0.2, 0) is 66.1 Å². The zero-order chi connectivity index (χ0) is 79.4. The Bertz CT molecular complexity index is 4320. The van der Waals surface area contributed by atoms with E-state index >= 15 is 0 Å². The maximum Gasteiger partial charge on any atom is 0.335 e. The summed E-state index contributed by atoms with van der Waals surface area (Å²) in [6, 6.07) is 33.6. The van der Waals surface area contributed by atoms with Crippen molar-refractivity contribution in [1.82, 2.24) is 0 Å². The van der Waals surface area contributed by atoms with Crippen molar-refractivity contribution in [3.63, 3.8) is 0 Å². The lowest BCUT2D eigenvalue weighted by molar-refractivity contribution is 0.0684. The van der Waals surface area contributed by atoms with Crippen molar-refractivity contribution < 1.29 is 146 Å². The number of methoxy groups -OCH3 is 1. The van der Waals surface area contributed by atoms with Gasteiger partial charge in [-0.15, -0.1) is 0 Å². The molecular formula is C79H86O29. The minimum absolute atomic E-state index is 0.0303. The first-order chi connectivity index (χ1) is 51.7. The highest BCUT2D eigenvalue weighted by molar-refractivity contribution is 5.89. The van der Waals surface area contributed by atoms with Crippen molar-refractivity contribution in [2.24, 2.45) is 0 Å². The standard InChI is InChI=1S/C27H30O11.2C26H28O9/c1-37-21-8-16(27(35)36)7-19(12-31)26(21)38-22(13-32)23(20-4-2-3-14(9-28)25(20)34)15-5-17(10-29)24(33)18(6-15)11-30;2*1-14-2-4-20(21(31)6-14)24(16-8-18(11-28)25(32)19(9-16)12-29)23(13-30)35-22-5-3-15(26(33)34)7-17(22)10-27/h2-8,22-23,28-34H,9-13H2,1H3,(H,35,36);2*2-9,23-24,27-32H,10-13H2,1H3,(H,33,34). The molecule has 0 amide bonds. The number of aryl methyl sites for hydroxylation is 2. The van der Waals surface area contributed by atoms with E-state index in [1.165, 1.54) is 116 Å². The highest BCUT2D eigenvalue weighted by Crippen LogP contribution is 2.45. The Kier molecular flexibility index (Phi) is 30.3. The third-order valence-electron chi connectivity index (χ3n) is 17.9. The number of carboxylic acid groups (broad SMARTS) is 3. The van der Waals surface area contributed by atoms with Gasteiger partial charge in [-0.05, 0) is 139 Å². The number of aromatic hydroxyl groups is 6. The SMILES string of the molecule is COc1cc(C(=O)O)cc(CO)c1OC(CO)C(c1cc(CO)c(O)c(CO)c1)c1cccc(CO)c1O.Cc1ccc(C(c2cc(CO)c(O)c(CO)c2)C(CO)Oc2ccc(C(=O)O)cc2CO)c(O)c1.Cc1ccc(C(c2cc(CO)c(O)c(CO)c2)C(CO)Oc2ccc(C(=O)O)cc2CO)c(O)c1. The van der Waals surface area contributed by atoms with Crippen molar-refractivity contribution >= 4 is 17.9 Å². The normalized spacial score (nSPS) is 12.8. The maximum absolute atomic E-state index is 11.5. The maximum atomic E-state index is 11.5. The van der Waals surface area contributed by atoms with E-state index in [1.54, 1.807) is 44.2 Å². The first-order valence-corrected chi connectivity index (χ1v) is 33.2. The lowest BCUT2D eigenvalue weighted by Crippen LogP contribution is -2.31. The number of benzene rings is 9. The Morgan fingerprint density at radius 1 is 0.315 bits per heavy atom. The van der Waals surface area contributed by atoms with Crippen LogP contribution in [0.4, 0.5) is 0 Å². The molecule has 0 radical (unpaired) electrons. The van der Waals surface area contributed by atoms with E-state index in [-0.39, 0.29) is 135 Å². The van der Waals surface area contributed by atoms with Gasteiger partial charge in [0.15, 0.2) is 11.5 Å². The van der Waals surface area contributed by atoms with E-state index in [1.807, 2.05) is 0 Å². The van der Waals surface area contributed by atoms with E-state index in [4.69, 9.17) is 18.9 Å². The third kappa shape index (κ3) is 19.5. The van der Waals surface area contributed by atoms with Crippen LogP contribution in [0.15, 0.2) is 140 Å².